The second kappa shape index (κ2) is 8.00. The van der Waals surface area contributed by atoms with Crippen LogP contribution in [0.5, 0.6) is 0 Å². The summed E-state index contributed by atoms with van der Waals surface area (Å²) in [7, 11) is -7.95. The summed E-state index contributed by atoms with van der Waals surface area (Å²) in [5.74, 6) is -0.112. The standard InChI is InChI=1S/C24H39FO6S2/c1-7-16-15(2)14-18-19-21(31-33(6,28)29)20(30-32(5,26)27)17-10-8-9-11-23(17,4)24(19,25)13-12-22(16,18)3/h10,15-16,18-21H,7-9,11-14H2,1-6H3/t15-,16-,18+,19-,20+,21-,22-,23+,24-/m1/s1. The van der Waals surface area contributed by atoms with Gasteiger partial charge < -0.3 is 0 Å². The Morgan fingerprint density at radius 1 is 1.06 bits per heavy atom. The minimum Gasteiger partial charge on any atom is -0.263 e. The second-order valence-electron chi connectivity index (χ2n) is 11.6. The van der Waals surface area contributed by atoms with Crippen LogP contribution in [0.3, 0.4) is 0 Å². The van der Waals surface area contributed by atoms with Gasteiger partial charge in [-0.1, -0.05) is 40.2 Å². The highest BCUT2D eigenvalue weighted by molar-refractivity contribution is 7.86. The zero-order chi connectivity index (χ0) is 24.6. The van der Waals surface area contributed by atoms with Crippen molar-refractivity contribution in [3.05, 3.63) is 11.6 Å². The van der Waals surface area contributed by atoms with Gasteiger partial charge in [-0.25, -0.2) is 4.39 Å². The van der Waals surface area contributed by atoms with Crippen molar-refractivity contribution in [2.75, 3.05) is 12.5 Å². The number of allylic oxidation sites excluding steroid dienone is 1. The van der Waals surface area contributed by atoms with Crippen LogP contribution in [0.1, 0.15) is 72.6 Å². The second-order valence-corrected chi connectivity index (χ2v) is 14.8. The molecule has 3 saturated carbocycles. The zero-order valence-electron chi connectivity index (χ0n) is 20.6. The highest BCUT2D eigenvalue weighted by Gasteiger charge is 2.72. The Morgan fingerprint density at radius 3 is 2.27 bits per heavy atom. The maximum atomic E-state index is 17.6. The van der Waals surface area contributed by atoms with Gasteiger partial charge in [-0.05, 0) is 67.3 Å². The summed E-state index contributed by atoms with van der Waals surface area (Å²) in [6.45, 7) is 8.47. The molecule has 0 unspecified atom stereocenters. The van der Waals surface area contributed by atoms with Gasteiger partial charge in [-0.3, -0.25) is 8.37 Å². The third-order valence-corrected chi connectivity index (χ3v) is 10.9. The van der Waals surface area contributed by atoms with Crippen molar-refractivity contribution in [3.8, 4) is 0 Å². The molecule has 0 amide bonds. The molecule has 0 spiro atoms. The van der Waals surface area contributed by atoms with E-state index in [4.69, 9.17) is 8.37 Å². The van der Waals surface area contributed by atoms with Crippen LogP contribution in [-0.2, 0) is 28.6 Å². The van der Waals surface area contributed by atoms with E-state index < -0.39 is 49.4 Å². The molecule has 0 aliphatic heterocycles. The number of hydrogen-bond acceptors (Lipinski definition) is 6. The van der Waals surface area contributed by atoms with Gasteiger partial charge in [-0.2, -0.15) is 16.8 Å². The molecule has 0 aromatic rings. The summed E-state index contributed by atoms with van der Waals surface area (Å²) in [5.41, 5.74) is -2.22. The zero-order valence-corrected chi connectivity index (χ0v) is 22.3. The fraction of sp³-hybridized carbons (Fsp3) is 0.917. The van der Waals surface area contributed by atoms with Crippen LogP contribution in [0.15, 0.2) is 11.6 Å². The summed E-state index contributed by atoms with van der Waals surface area (Å²) >= 11 is 0. The van der Waals surface area contributed by atoms with Crippen LogP contribution in [0, 0.1) is 34.5 Å². The van der Waals surface area contributed by atoms with Gasteiger partial charge in [0.1, 0.15) is 17.9 Å². The van der Waals surface area contributed by atoms with E-state index in [-0.39, 0.29) is 11.3 Å². The molecule has 9 atom stereocenters. The first-order chi connectivity index (χ1) is 15.1. The quantitative estimate of drug-likeness (QED) is 0.400. The normalized spacial score (nSPS) is 47.9. The Morgan fingerprint density at radius 2 is 1.70 bits per heavy atom. The molecule has 9 heteroatoms. The lowest BCUT2D eigenvalue weighted by atomic mass is 9.44. The van der Waals surface area contributed by atoms with Gasteiger partial charge in [0, 0.05) is 11.3 Å². The Balaban J connectivity index is 1.95. The van der Waals surface area contributed by atoms with Crippen molar-refractivity contribution < 1.29 is 29.6 Å². The van der Waals surface area contributed by atoms with E-state index in [1.807, 2.05) is 13.0 Å². The summed E-state index contributed by atoms with van der Waals surface area (Å²) in [4.78, 5) is 0. The van der Waals surface area contributed by atoms with Gasteiger partial charge in [-0.15, -0.1) is 0 Å². The van der Waals surface area contributed by atoms with Gasteiger partial charge in [0.25, 0.3) is 20.2 Å². The van der Waals surface area contributed by atoms with E-state index in [2.05, 4.69) is 20.8 Å². The lowest BCUT2D eigenvalue weighted by Gasteiger charge is -2.64. The molecule has 4 aliphatic rings. The predicted octanol–water partition coefficient (Wildman–Crippen LogP) is 4.61. The molecule has 0 radical (unpaired) electrons. The molecule has 6 nitrogen and oxygen atoms in total. The molecule has 0 aromatic heterocycles. The highest BCUT2D eigenvalue weighted by atomic mass is 32.2. The maximum absolute atomic E-state index is 17.6. The first kappa shape index (κ1) is 25.6. The van der Waals surface area contributed by atoms with Gasteiger partial charge in [0.15, 0.2) is 0 Å². The van der Waals surface area contributed by atoms with E-state index in [0.29, 0.717) is 36.7 Å². The van der Waals surface area contributed by atoms with Crippen LogP contribution in [-0.4, -0.2) is 47.2 Å². The van der Waals surface area contributed by atoms with E-state index >= 15 is 4.39 Å². The Hall–Kier alpha value is -0.510. The Bertz CT molecular complexity index is 1040. The van der Waals surface area contributed by atoms with E-state index in [0.717, 1.165) is 38.2 Å². The number of hydrogen-bond donors (Lipinski definition) is 0. The topological polar surface area (TPSA) is 86.7 Å². The lowest BCUT2D eigenvalue weighted by molar-refractivity contribution is -0.197. The van der Waals surface area contributed by atoms with Crippen molar-refractivity contribution >= 4 is 20.2 Å². The molecule has 0 N–H and O–H groups in total. The molecular weight excluding hydrogens is 467 g/mol. The fourth-order valence-electron chi connectivity index (χ4n) is 8.56. The Labute approximate surface area is 198 Å². The number of alkyl halides is 1. The van der Waals surface area contributed by atoms with Crippen molar-refractivity contribution in [2.24, 2.45) is 34.5 Å². The maximum Gasteiger partial charge on any atom is 0.265 e. The van der Waals surface area contributed by atoms with E-state index in [9.17, 15) is 16.8 Å². The van der Waals surface area contributed by atoms with E-state index in [1.165, 1.54) is 0 Å². The minimum absolute atomic E-state index is 0.117. The Kier molecular flexibility index (Phi) is 6.20. The summed E-state index contributed by atoms with van der Waals surface area (Å²) in [6.07, 6.45) is 6.27. The van der Waals surface area contributed by atoms with Crippen LogP contribution in [0.4, 0.5) is 4.39 Å². The van der Waals surface area contributed by atoms with Crippen LogP contribution in [0.25, 0.3) is 0 Å². The smallest absolute Gasteiger partial charge is 0.263 e. The molecule has 3 fully saturated rings. The number of halogens is 1. The summed E-state index contributed by atoms with van der Waals surface area (Å²) in [6, 6.07) is 0. The highest BCUT2D eigenvalue weighted by Crippen LogP contribution is 2.71. The van der Waals surface area contributed by atoms with Crippen molar-refractivity contribution in [2.45, 2.75) is 90.5 Å². The summed E-state index contributed by atoms with van der Waals surface area (Å²) in [5, 5.41) is 0. The first-order valence-electron chi connectivity index (χ1n) is 12.2. The third-order valence-electron chi connectivity index (χ3n) is 9.76. The molecular formula is C24H39FO6S2. The van der Waals surface area contributed by atoms with Gasteiger partial charge >= 0.3 is 0 Å². The molecule has 0 bridgehead atoms. The van der Waals surface area contributed by atoms with Crippen molar-refractivity contribution in [1.82, 2.24) is 0 Å². The largest absolute Gasteiger partial charge is 0.265 e. The molecule has 0 aromatic carbocycles. The molecule has 33 heavy (non-hydrogen) atoms. The van der Waals surface area contributed by atoms with Crippen LogP contribution < -0.4 is 0 Å². The number of fused-ring (bicyclic) bond motifs is 5. The molecule has 190 valence electrons. The van der Waals surface area contributed by atoms with Crippen molar-refractivity contribution in [1.29, 1.82) is 0 Å². The van der Waals surface area contributed by atoms with Gasteiger partial charge in [0.05, 0.1) is 12.5 Å². The minimum atomic E-state index is -4.00. The number of rotatable bonds is 5. The molecule has 0 saturated heterocycles. The SMILES string of the molecule is CC[C@@H]1[C@H](C)C[C@H]2[C@@H]3[C@@H](OS(C)(=O)=O)[C@@H](OS(C)(=O)=O)C4=CCCC[C@]4(C)[C@@]3(F)CC[C@]12C. The summed E-state index contributed by atoms with van der Waals surface area (Å²) < 4.78 is 78.3. The monoisotopic (exact) mass is 506 g/mol. The van der Waals surface area contributed by atoms with Crippen LogP contribution >= 0.6 is 0 Å². The fourth-order valence-corrected chi connectivity index (χ4v) is 9.77. The molecule has 4 aliphatic carbocycles. The molecule has 0 heterocycles. The average Bonchev–Trinajstić information content (AvgIpc) is 2.93. The van der Waals surface area contributed by atoms with Crippen LogP contribution in [0.2, 0.25) is 0 Å². The van der Waals surface area contributed by atoms with E-state index in [1.54, 1.807) is 0 Å². The first-order valence-corrected chi connectivity index (χ1v) is 15.9. The average molecular weight is 507 g/mol. The molecule has 4 rings (SSSR count). The van der Waals surface area contributed by atoms with Gasteiger partial charge in [0.2, 0.25) is 0 Å². The predicted molar refractivity (Wildman–Crippen MR) is 125 cm³/mol. The lowest BCUT2D eigenvalue weighted by Crippen LogP contribution is -2.69. The third kappa shape index (κ3) is 3.93. The van der Waals surface area contributed by atoms with Crippen molar-refractivity contribution in [3.63, 3.8) is 0 Å².